The van der Waals surface area contributed by atoms with Crippen molar-refractivity contribution in [3.63, 3.8) is 0 Å². The van der Waals surface area contributed by atoms with Crippen molar-refractivity contribution >= 4 is 29.0 Å². The standard InChI is InChI=1S/C39H42N2O5/c1-5-27-11-7-9-13-31(27)40-37(43)35-33(42)23-39(4,45)36(38(44)41-32-14-10-8-12-28(32)6-2)34(35)29-19-21-30(22-20-29)46-24-26-17-15-25(3)16-18-26/h7-22,34-36,45H,5-6,23-24H2,1-4H3,(H,40,43)(H,41,44). The SMILES string of the molecule is CCc1ccccc1NC(=O)C1C(=O)CC(C)(O)C(C(=O)Nc2ccccc2CC)C1c1ccc(OCc2ccc(C)cc2)cc1. The summed E-state index contributed by atoms with van der Waals surface area (Å²) in [5.74, 6) is -4.01. The normalized spacial score (nSPS) is 21.0. The molecule has 46 heavy (non-hydrogen) atoms. The maximum Gasteiger partial charge on any atom is 0.235 e. The quantitative estimate of drug-likeness (QED) is 0.166. The molecule has 0 spiro atoms. The molecule has 1 aliphatic rings. The number of para-hydroxylation sites is 2. The molecule has 4 unspecified atom stereocenters. The van der Waals surface area contributed by atoms with Crippen molar-refractivity contribution in [3.05, 3.63) is 125 Å². The van der Waals surface area contributed by atoms with Gasteiger partial charge in [0.25, 0.3) is 0 Å². The fourth-order valence-electron chi connectivity index (χ4n) is 6.45. The van der Waals surface area contributed by atoms with E-state index in [9.17, 15) is 19.5 Å². The lowest BCUT2D eigenvalue weighted by atomic mass is 9.61. The van der Waals surface area contributed by atoms with Crippen LogP contribution in [0.5, 0.6) is 5.75 Å². The number of ether oxygens (including phenoxy) is 1. The Bertz CT molecular complexity index is 1690. The lowest BCUT2D eigenvalue weighted by Gasteiger charge is -2.44. The van der Waals surface area contributed by atoms with Gasteiger partial charge in [0.1, 0.15) is 24.1 Å². The number of rotatable bonds is 10. The van der Waals surface area contributed by atoms with Gasteiger partial charge >= 0.3 is 0 Å². The van der Waals surface area contributed by atoms with Crippen molar-refractivity contribution < 1.29 is 24.2 Å². The number of hydrogen-bond donors (Lipinski definition) is 3. The summed E-state index contributed by atoms with van der Waals surface area (Å²) in [7, 11) is 0. The van der Waals surface area contributed by atoms with Gasteiger partial charge in [-0.25, -0.2) is 0 Å². The summed E-state index contributed by atoms with van der Waals surface area (Å²) in [4.78, 5) is 42.0. The van der Waals surface area contributed by atoms with Crippen LogP contribution in [0.3, 0.4) is 0 Å². The highest BCUT2D eigenvalue weighted by atomic mass is 16.5. The van der Waals surface area contributed by atoms with Gasteiger partial charge < -0.3 is 20.5 Å². The van der Waals surface area contributed by atoms with Gasteiger partial charge in [0.05, 0.1) is 11.5 Å². The van der Waals surface area contributed by atoms with Crippen molar-refractivity contribution in [2.75, 3.05) is 10.6 Å². The third-order valence-corrected chi connectivity index (χ3v) is 8.94. The maximum atomic E-state index is 14.2. The minimum absolute atomic E-state index is 0.331. The summed E-state index contributed by atoms with van der Waals surface area (Å²) in [6.07, 6.45) is 1.06. The Labute approximate surface area is 271 Å². The van der Waals surface area contributed by atoms with Crippen LogP contribution in [0.1, 0.15) is 60.9 Å². The van der Waals surface area contributed by atoms with Crippen LogP contribution in [-0.2, 0) is 33.8 Å². The minimum Gasteiger partial charge on any atom is -0.489 e. The second-order valence-corrected chi connectivity index (χ2v) is 12.3. The Balaban J connectivity index is 1.51. The third kappa shape index (κ3) is 7.21. The van der Waals surface area contributed by atoms with Gasteiger partial charge in [-0.05, 0) is 73.2 Å². The Kier molecular flexibility index (Phi) is 10.0. The molecule has 7 nitrogen and oxygen atoms in total. The van der Waals surface area contributed by atoms with Gasteiger partial charge in [0.15, 0.2) is 0 Å². The highest BCUT2D eigenvalue weighted by Gasteiger charge is 2.56. The first-order valence-electron chi connectivity index (χ1n) is 15.9. The van der Waals surface area contributed by atoms with Crippen molar-refractivity contribution in [1.82, 2.24) is 0 Å². The summed E-state index contributed by atoms with van der Waals surface area (Å²) in [5, 5.41) is 17.7. The number of carbonyl (C=O) groups excluding carboxylic acids is 3. The summed E-state index contributed by atoms with van der Waals surface area (Å²) in [6, 6.07) is 30.2. The zero-order chi connectivity index (χ0) is 32.8. The average molecular weight is 619 g/mol. The Morgan fingerprint density at radius 1 is 0.804 bits per heavy atom. The molecule has 0 heterocycles. The van der Waals surface area contributed by atoms with E-state index in [0.29, 0.717) is 42.1 Å². The second-order valence-electron chi connectivity index (χ2n) is 12.3. The molecule has 0 aromatic heterocycles. The Morgan fingerprint density at radius 3 is 1.91 bits per heavy atom. The molecule has 1 fully saturated rings. The molecule has 0 saturated heterocycles. The predicted octanol–water partition coefficient (Wildman–Crippen LogP) is 7.02. The molecule has 4 aromatic carbocycles. The molecule has 7 heteroatoms. The van der Waals surface area contributed by atoms with Crippen molar-refractivity contribution in [3.8, 4) is 5.75 Å². The lowest BCUT2D eigenvalue weighted by Crippen LogP contribution is -2.56. The monoisotopic (exact) mass is 618 g/mol. The first-order chi connectivity index (χ1) is 22.1. The highest BCUT2D eigenvalue weighted by Crippen LogP contribution is 2.47. The fourth-order valence-corrected chi connectivity index (χ4v) is 6.45. The Hall–Kier alpha value is -4.75. The Morgan fingerprint density at radius 2 is 1.35 bits per heavy atom. The number of nitrogens with one attached hydrogen (secondary N) is 2. The fraction of sp³-hybridized carbons (Fsp3) is 0.308. The van der Waals surface area contributed by atoms with Crippen LogP contribution in [0.25, 0.3) is 0 Å². The predicted molar refractivity (Wildman–Crippen MR) is 181 cm³/mol. The summed E-state index contributed by atoms with van der Waals surface area (Å²) >= 11 is 0. The number of anilines is 2. The van der Waals surface area contributed by atoms with Crippen molar-refractivity contribution in [2.24, 2.45) is 11.8 Å². The number of aliphatic hydroxyl groups is 1. The van der Waals surface area contributed by atoms with E-state index in [2.05, 4.69) is 10.6 Å². The molecule has 3 N–H and O–H groups in total. The number of amides is 2. The van der Waals surface area contributed by atoms with Gasteiger partial charge in [-0.15, -0.1) is 0 Å². The van der Waals surface area contributed by atoms with Crippen molar-refractivity contribution in [2.45, 2.75) is 65.1 Å². The van der Waals surface area contributed by atoms with E-state index in [0.717, 1.165) is 16.7 Å². The zero-order valence-corrected chi connectivity index (χ0v) is 26.9. The molecule has 0 radical (unpaired) electrons. The van der Waals surface area contributed by atoms with E-state index in [-0.39, 0.29) is 6.42 Å². The molecule has 238 valence electrons. The number of ketones is 1. The first-order valence-corrected chi connectivity index (χ1v) is 15.9. The highest BCUT2D eigenvalue weighted by molar-refractivity contribution is 6.10. The van der Waals surface area contributed by atoms with Gasteiger partial charge in [-0.1, -0.05) is 92.2 Å². The van der Waals surface area contributed by atoms with Gasteiger partial charge in [0.2, 0.25) is 11.8 Å². The summed E-state index contributed by atoms with van der Waals surface area (Å²) < 4.78 is 6.02. The van der Waals surface area contributed by atoms with Crippen molar-refractivity contribution in [1.29, 1.82) is 0 Å². The van der Waals surface area contributed by atoms with Crippen LogP contribution in [0.15, 0.2) is 97.1 Å². The van der Waals surface area contributed by atoms with Gasteiger partial charge in [-0.2, -0.15) is 0 Å². The molecule has 5 rings (SSSR count). The lowest BCUT2D eigenvalue weighted by molar-refractivity contribution is -0.150. The molecular formula is C39H42N2O5. The van der Waals surface area contributed by atoms with Crippen LogP contribution in [0.2, 0.25) is 0 Å². The smallest absolute Gasteiger partial charge is 0.235 e. The van der Waals surface area contributed by atoms with Crippen LogP contribution in [-0.4, -0.2) is 28.3 Å². The van der Waals surface area contributed by atoms with Crippen LogP contribution >= 0.6 is 0 Å². The topological polar surface area (TPSA) is 105 Å². The average Bonchev–Trinajstić information content (AvgIpc) is 3.04. The van der Waals surface area contributed by atoms with Crippen LogP contribution < -0.4 is 15.4 Å². The summed E-state index contributed by atoms with van der Waals surface area (Å²) in [5.41, 5.74) is 4.21. The molecular weight excluding hydrogens is 576 g/mol. The molecule has 2 amide bonds. The first kappa shape index (κ1) is 32.6. The minimum atomic E-state index is -1.70. The van der Waals surface area contributed by atoms with E-state index < -0.39 is 41.0 Å². The van der Waals surface area contributed by atoms with Crippen LogP contribution in [0, 0.1) is 18.8 Å². The molecule has 1 saturated carbocycles. The zero-order valence-electron chi connectivity index (χ0n) is 26.9. The molecule has 0 aliphatic heterocycles. The number of hydrogen-bond acceptors (Lipinski definition) is 5. The van der Waals surface area contributed by atoms with Crippen LogP contribution in [0.4, 0.5) is 11.4 Å². The molecule has 1 aliphatic carbocycles. The number of benzene rings is 4. The second kappa shape index (κ2) is 14.1. The van der Waals surface area contributed by atoms with E-state index in [1.807, 2.05) is 87.5 Å². The number of Topliss-reactive ketones (excluding diaryl/α,β-unsaturated/α-hetero) is 1. The van der Waals surface area contributed by atoms with E-state index in [1.54, 1.807) is 30.3 Å². The van der Waals surface area contributed by atoms with E-state index in [4.69, 9.17) is 4.74 Å². The number of aryl methyl sites for hydroxylation is 3. The van der Waals surface area contributed by atoms with Gasteiger partial charge in [0, 0.05) is 23.7 Å². The molecule has 4 atom stereocenters. The van der Waals surface area contributed by atoms with E-state index >= 15 is 0 Å². The third-order valence-electron chi connectivity index (χ3n) is 8.94. The maximum absolute atomic E-state index is 14.2. The number of carbonyl (C=O) groups is 3. The molecule has 0 bridgehead atoms. The summed E-state index contributed by atoms with van der Waals surface area (Å²) in [6.45, 7) is 7.91. The van der Waals surface area contributed by atoms with Gasteiger partial charge in [-0.3, -0.25) is 14.4 Å². The largest absolute Gasteiger partial charge is 0.489 e. The van der Waals surface area contributed by atoms with E-state index in [1.165, 1.54) is 12.5 Å². The molecule has 4 aromatic rings.